The van der Waals surface area contributed by atoms with Gasteiger partial charge in [-0.1, -0.05) is 29.3 Å². The molecule has 0 atom stereocenters. The number of nitrogens with zero attached hydrogens (tertiary/aromatic N) is 1. The van der Waals surface area contributed by atoms with Crippen LogP contribution in [0.4, 0.5) is 23.8 Å². The molecule has 0 unspecified atom stereocenters. The minimum Gasteiger partial charge on any atom is -0.292 e. The van der Waals surface area contributed by atoms with Gasteiger partial charge < -0.3 is 0 Å². The number of carbonyl (C=O) groups is 2. The summed E-state index contributed by atoms with van der Waals surface area (Å²) in [5, 5.41) is 3.97. The van der Waals surface area contributed by atoms with Crippen molar-refractivity contribution in [1.29, 1.82) is 0 Å². The Labute approximate surface area is 143 Å². The molecule has 2 rings (SSSR count). The van der Waals surface area contributed by atoms with Gasteiger partial charge in [-0.3, -0.25) is 15.4 Å². The Kier molecular flexibility index (Phi) is 5.30. The number of amides is 3. The minimum absolute atomic E-state index is 0.0185. The van der Waals surface area contributed by atoms with E-state index in [-0.39, 0.29) is 21.4 Å². The van der Waals surface area contributed by atoms with Crippen LogP contribution < -0.4 is 10.6 Å². The van der Waals surface area contributed by atoms with Crippen molar-refractivity contribution in [3.63, 3.8) is 0 Å². The van der Waals surface area contributed by atoms with E-state index in [2.05, 4.69) is 4.98 Å². The Balaban J connectivity index is 2.10. The molecular formula is C14H8Cl2F3N3O2. The lowest BCUT2D eigenvalue weighted by Crippen LogP contribution is -2.35. The van der Waals surface area contributed by atoms with Crippen LogP contribution in [0.5, 0.6) is 0 Å². The van der Waals surface area contributed by atoms with Gasteiger partial charge in [0.1, 0.15) is 5.82 Å². The Morgan fingerprint density at radius 3 is 2.29 bits per heavy atom. The van der Waals surface area contributed by atoms with E-state index in [0.29, 0.717) is 6.07 Å². The van der Waals surface area contributed by atoms with E-state index in [0.717, 1.165) is 12.3 Å². The summed E-state index contributed by atoms with van der Waals surface area (Å²) in [7, 11) is 0. The van der Waals surface area contributed by atoms with Gasteiger partial charge in [0.2, 0.25) is 0 Å². The molecule has 5 nitrogen and oxygen atoms in total. The Morgan fingerprint density at radius 1 is 1.08 bits per heavy atom. The third-order valence-corrected chi connectivity index (χ3v) is 3.38. The first-order valence-corrected chi connectivity index (χ1v) is 7.03. The molecule has 0 saturated heterocycles. The summed E-state index contributed by atoms with van der Waals surface area (Å²) in [4.78, 5) is 27.3. The van der Waals surface area contributed by atoms with Crippen LogP contribution in [0.1, 0.15) is 15.9 Å². The Morgan fingerprint density at radius 2 is 1.71 bits per heavy atom. The summed E-state index contributed by atoms with van der Waals surface area (Å²) in [6.45, 7) is 0. The van der Waals surface area contributed by atoms with E-state index in [1.807, 2.05) is 10.6 Å². The molecule has 0 aliphatic heterocycles. The average molecular weight is 378 g/mol. The molecule has 0 aliphatic carbocycles. The molecule has 126 valence electrons. The lowest BCUT2D eigenvalue weighted by atomic mass is 10.2. The van der Waals surface area contributed by atoms with E-state index in [4.69, 9.17) is 23.2 Å². The van der Waals surface area contributed by atoms with Crippen molar-refractivity contribution in [3.8, 4) is 0 Å². The number of urea groups is 1. The normalized spacial score (nSPS) is 11.0. The highest BCUT2D eigenvalue weighted by molar-refractivity contribution is 6.40. The van der Waals surface area contributed by atoms with Crippen molar-refractivity contribution in [2.45, 2.75) is 6.18 Å². The van der Waals surface area contributed by atoms with Crippen LogP contribution in [0.2, 0.25) is 10.0 Å². The van der Waals surface area contributed by atoms with E-state index in [1.54, 1.807) is 0 Å². The van der Waals surface area contributed by atoms with Gasteiger partial charge in [0.15, 0.2) is 0 Å². The molecule has 0 saturated carbocycles. The zero-order chi connectivity index (χ0) is 17.9. The largest absolute Gasteiger partial charge is 0.416 e. The molecule has 10 heteroatoms. The summed E-state index contributed by atoms with van der Waals surface area (Å²) in [6, 6.07) is 4.60. The number of nitrogens with one attached hydrogen (secondary N) is 2. The van der Waals surface area contributed by atoms with Crippen LogP contribution >= 0.6 is 23.2 Å². The van der Waals surface area contributed by atoms with Crippen molar-refractivity contribution in [3.05, 3.63) is 57.7 Å². The number of anilines is 1. The Bertz CT molecular complexity index is 777. The van der Waals surface area contributed by atoms with Gasteiger partial charge in [-0.25, -0.2) is 9.78 Å². The van der Waals surface area contributed by atoms with Crippen LogP contribution in [0.3, 0.4) is 0 Å². The first-order valence-electron chi connectivity index (χ1n) is 6.28. The fourth-order valence-corrected chi connectivity index (χ4v) is 2.27. The van der Waals surface area contributed by atoms with Gasteiger partial charge >= 0.3 is 12.2 Å². The van der Waals surface area contributed by atoms with Crippen LogP contribution in [0.15, 0.2) is 36.5 Å². The molecule has 1 aromatic carbocycles. The third-order valence-electron chi connectivity index (χ3n) is 2.75. The van der Waals surface area contributed by atoms with Gasteiger partial charge in [0.05, 0.1) is 21.2 Å². The summed E-state index contributed by atoms with van der Waals surface area (Å²) in [5.41, 5.74) is -1.12. The predicted octanol–water partition coefficient (Wildman–Crippen LogP) is 4.37. The summed E-state index contributed by atoms with van der Waals surface area (Å²) in [5.74, 6) is -1.28. The standard InChI is InChI=1S/C14H8Cl2F3N3O2/c15-8-2-1-3-9(16)11(8)12(23)22-13(24)21-10-6-7(4-5-20-10)14(17,18)19/h1-6H,(H2,20,21,22,23,24). The molecular weight excluding hydrogens is 370 g/mol. The molecule has 0 spiro atoms. The number of hydrogen-bond acceptors (Lipinski definition) is 3. The van der Waals surface area contributed by atoms with Gasteiger partial charge in [0, 0.05) is 6.20 Å². The zero-order valence-electron chi connectivity index (χ0n) is 11.6. The second kappa shape index (κ2) is 7.06. The number of hydrogen-bond donors (Lipinski definition) is 2. The van der Waals surface area contributed by atoms with E-state index >= 15 is 0 Å². The molecule has 1 aromatic heterocycles. The fraction of sp³-hybridized carbons (Fsp3) is 0.0714. The maximum Gasteiger partial charge on any atom is 0.416 e. The number of alkyl halides is 3. The van der Waals surface area contributed by atoms with Crippen molar-refractivity contribution < 1.29 is 22.8 Å². The lowest BCUT2D eigenvalue weighted by Gasteiger charge is -2.10. The topological polar surface area (TPSA) is 71.1 Å². The average Bonchev–Trinajstić information content (AvgIpc) is 2.46. The molecule has 1 heterocycles. The molecule has 2 aromatic rings. The molecule has 0 bridgehead atoms. The molecule has 24 heavy (non-hydrogen) atoms. The summed E-state index contributed by atoms with van der Waals surface area (Å²) >= 11 is 11.6. The summed E-state index contributed by atoms with van der Waals surface area (Å²) < 4.78 is 37.8. The molecule has 0 aliphatic rings. The number of pyridine rings is 1. The Hall–Kier alpha value is -2.32. The van der Waals surface area contributed by atoms with E-state index in [9.17, 15) is 22.8 Å². The molecule has 2 N–H and O–H groups in total. The second-order valence-electron chi connectivity index (χ2n) is 4.43. The van der Waals surface area contributed by atoms with Crippen molar-refractivity contribution in [2.75, 3.05) is 5.32 Å². The molecule has 0 radical (unpaired) electrons. The number of benzene rings is 1. The smallest absolute Gasteiger partial charge is 0.292 e. The van der Waals surface area contributed by atoms with Crippen LogP contribution in [-0.4, -0.2) is 16.9 Å². The van der Waals surface area contributed by atoms with E-state index < -0.39 is 23.7 Å². The zero-order valence-corrected chi connectivity index (χ0v) is 13.1. The number of imide groups is 1. The van der Waals surface area contributed by atoms with Crippen LogP contribution in [0, 0.1) is 0 Å². The fourth-order valence-electron chi connectivity index (χ4n) is 1.70. The SMILES string of the molecule is O=C(NC(=O)c1c(Cl)cccc1Cl)Nc1cc(C(F)(F)F)ccn1. The van der Waals surface area contributed by atoms with Crippen molar-refractivity contribution in [2.24, 2.45) is 0 Å². The van der Waals surface area contributed by atoms with Crippen molar-refractivity contribution >= 4 is 41.0 Å². The van der Waals surface area contributed by atoms with Gasteiger partial charge in [-0.05, 0) is 24.3 Å². The highest BCUT2D eigenvalue weighted by Gasteiger charge is 2.31. The monoisotopic (exact) mass is 377 g/mol. The van der Waals surface area contributed by atoms with Gasteiger partial charge in [-0.2, -0.15) is 13.2 Å². The second-order valence-corrected chi connectivity index (χ2v) is 5.25. The first kappa shape index (κ1) is 18.0. The maximum absolute atomic E-state index is 12.6. The van der Waals surface area contributed by atoms with Crippen molar-refractivity contribution in [1.82, 2.24) is 10.3 Å². The first-order chi connectivity index (χ1) is 11.2. The minimum atomic E-state index is -4.59. The van der Waals surface area contributed by atoms with Crippen LogP contribution in [0.25, 0.3) is 0 Å². The number of halogens is 5. The van der Waals surface area contributed by atoms with Gasteiger partial charge in [-0.15, -0.1) is 0 Å². The maximum atomic E-state index is 12.6. The number of aromatic nitrogens is 1. The van der Waals surface area contributed by atoms with Crippen LogP contribution in [-0.2, 0) is 6.18 Å². The van der Waals surface area contributed by atoms with E-state index in [1.165, 1.54) is 18.2 Å². The van der Waals surface area contributed by atoms with Gasteiger partial charge in [0.25, 0.3) is 5.91 Å². The quantitative estimate of drug-likeness (QED) is 0.816. The summed E-state index contributed by atoms with van der Waals surface area (Å²) in [6.07, 6.45) is -3.71. The highest BCUT2D eigenvalue weighted by atomic mass is 35.5. The predicted molar refractivity (Wildman–Crippen MR) is 82.2 cm³/mol. The highest BCUT2D eigenvalue weighted by Crippen LogP contribution is 2.30. The third kappa shape index (κ3) is 4.36. The number of carbonyl (C=O) groups excluding carboxylic acids is 2. The lowest BCUT2D eigenvalue weighted by molar-refractivity contribution is -0.137. The molecule has 3 amide bonds. The molecule has 0 fully saturated rings. The number of rotatable bonds is 2.